The largest absolute Gasteiger partial charge is 0.489 e. The van der Waals surface area contributed by atoms with Gasteiger partial charge in [-0.25, -0.2) is 9.67 Å². The maximum Gasteiger partial charge on any atom is 0.241 e. The zero-order chi connectivity index (χ0) is 17.8. The van der Waals surface area contributed by atoms with E-state index in [1.54, 1.807) is 4.68 Å². The highest BCUT2D eigenvalue weighted by atomic mass is 16.5. The lowest BCUT2D eigenvalue weighted by Gasteiger charge is -2.21. The second-order valence-corrected chi connectivity index (χ2v) is 6.49. The summed E-state index contributed by atoms with van der Waals surface area (Å²) in [5.41, 5.74) is 1.19. The second-order valence-electron chi connectivity index (χ2n) is 6.49. The van der Waals surface area contributed by atoms with Gasteiger partial charge in [0.15, 0.2) is 0 Å². The van der Waals surface area contributed by atoms with Crippen LogP contribution in [0.2, 0.25) is 0 Å². The van der Waals surface area contributed by atoms with Gasteiger partial charge in [0.05, 0.1) is 0 Å². The minimum atomic E-state index is -0.0486. The van der Waals surface area contributed by atoms with E-state index in [2.05, 4.69) is 33.3 Å². The number of benzene rings is 1. The molecule has 1 aliphatic heterocycles. The van der Waals surface area contributed by atoms with Crippen LogP contribution in [0.25, 0.3) is 0 Å². The molecule has 7 nitrogen and oxygen atoms in total. The van der Waals surface area contributed by atoms with E-state index in [9.17, 15) is 4.79 Å². The van der Waals surface area contributed by atoms with Crippen LogP contribution < -0.4 is 10.1 Å². The van der Waals surface area contributed by atoms with E-state index in [0.717, 1.165) is 31.2 Å². The number of nitrogens with zero attached hydrogens (tertiary/aromatic N) is 4. The smallest absolute Gasteiger partial charge is 0.241 e. The number of hydrogen-bond donors (Lipinski definition) is 1. The van der Waals surface area contributed by atoms with Crippen LogP contribution in [0.4, 0.5) is 0 Å². The number of ether oxygens (including phenoxy) is 1. The standard InChI is InChI=1S/C18H25N5O2/c1-13-10-22(11-16-6-4-5-7-17(16)25-13)9-8-19-18(24)12-23-15(3)20-14(2)21-23/h4-7,13H,8-12H2,1-3H3,(H,19,24). The zero-order valence-corrected chi connectivity index (χ0v) is 15.0. The average Bonchev–Trinajstić information content (AvgIpc) is 2.76. The number of aromatic nitrogens is 3. The fourth-order valence-corrected chi connectivity index (χ4v) is 3.10. The lowest BCUT2D eigenvalue weighted by Crippen LogP contribution is -2.38. The van der Waals surface area contributed by atoms with Gasteiger partial charge in [-0.15, -0.1) is 0 Å². The van der Waals surface area contributed by atoms with Crippen LogP contribution in [0.3, 0.4) is 0 Å². The van der Waals surface area contributed by atoms with Crippen molar-refractivity contribution in [2.45, 2.75) is 40.0 Å². The summed E-state index contributed by atoms with van der Waals surface area (Å²) in [5.74, 6) is 2.34. The molecule has 1 aromatic carbocycles. The Balaban J connectivity index is 1.50. The van der Waals surface area contributed by atoms with Crippen molar-refractivity contribution in [2.75, 3.05) is 19.6 Å². The van der Waals surface area contributed by atoms with Gasteiger partial charge < -0.3 is 10.1 Å². The normalized spacial score (nSPS) is 17.5. The summed E-state index contributed by atoms with van der Waals surface area (Å²) >= 11 is 0. The molecule has 134 valence electrons. The van der Waals surface area contributed by atoms with E-state index >= 15 is 0 Å². The molecule has 3 rings (SSSR count). The van der Waals surface area contributed by atoms with E-state index in [1.807, 2.05) is 32.0 Å². The lowest BCUT2D eigenvalue weighted by atomic mass is 10.2. The predicted molar refractivity (Wildman–Crippen MR) is 94.3 cm³/mol. The summed E-state index contributed by atoms with van der Waals surface area (Å²) < 4.78 is 7.59. The van der Waals surface area contributed by atoms with Crippen LogP contribution in [0.5, 0.6) is 5.75 Å². The highest BCUT2D eigenvalue weighted by Crippen LogP contribution is 2.24. The van der Waals surface area contributed by atoms with Gasteiger partial charge in [0.2, 0.25) is 5.91 Å². The molecule has 7 heteroatoms. The third-order valence-corrected chi connectivity index (χ3v) is 4.22. The molecule has 2 aromatic rings. The van der Waals surface area contributed by atoms with Crippen molar-refractivity contribution in [1.82, 2.24) is 25.0 Å². The molecule has 25 heavy (non-hydrogen) atoms. The molecule has 0 spiro atoms. The van der Waals surface area contributed by atoms with Crippen molar-refractivity contribution in [2.24, 2.45) is 0 Å². The lowest BCUT2D eigenvalue weighted by molar-refractivity contribution is -0.121. The summed E-state index contributed by atoms with van der Waals surface area (Å²) in [7, 11) is 0. The zero-order valence-electron chi connectivity index (χ0n) is 15.0. The molecule has 1 atom stereocenters. The Labute approximate surface area is 148 Å². The van der Waals surface area contributed by atoms with Crippen LogP contribution in [-0.2, 0) is 17.9 Å². The highest BCUT2D eigenvalue weighted by molar-refractivity contribution is 5.75. The van der Waals surface area contributed by atoms with Gasteiger partial charge in [-0.2, -0.15) is 5.10 Å². The first-order valence-electron chi connectivity index (χ1n) is 8.63. The molecule has 1 aliphatic rings. The summed E-state index contributed by atoms with van der Waals surface area (Å²) in [6.45, 7) is 9.00. The van der Waals surface area contributed by atoms with Gasteiger partial charge in [0, 0.05) is 31.7 Å². The van der Waals surface area contributed by atoms with Gasteiger partial charge in [0.25, 0.3) is 0 Å². The molecule has 0 aliphatic carbocycles. The first-order valence-corrected chi connectivity index (χ1v) is 8.63. The quantitative estimate of drug-likeness (QED) is 0.886. The average molecular weight is 343 g/mol. The molecule has 0 saturated carbocycles. The topological polar surface area (TPSA) is 72.3 Å². The maximum absolute atomic E-state index is 12.1. The van der Waals surface area contributed by atoms with E-state index in [0.29, 0.717) is 12.4 Å². The molecular weight excluding hydrogens is 318 g/mol. The summed E-state index contributed by atoms with van der Waals surface area (Å²) in [4.78, 5) is 18.6. The van der Waals surface area contributed by atoms with E-state index in [4.69, 9.17) is 4.74 Å². The number of fused-ring (bicyclic) bond motifs is 1. The van der Waals surface area contributed by atoms with Crippen molar-refractivity contribution < 1.29 is 9.53 Å². The number of hydrogen-bond acceptors (Lipinski definition) is 5. The Bertz CT molecular complexity index is 743. The molecule has 0 radical (unpaired) electrons. The third-order valence-electron chi connectivity index (χ3n) is 4.22. The van der Waals surface area contributed by atoms with Crippen LogP contribution in [0.1, 0.15) is 24.1 Å². The van der Waals surface area contributed by atoms with E-state index in [1.165, 1.54) is 5.56 Å². The Morgan fingerprint density at radius 1 is 1.36 bits per heavy atom. The second kappa shape index (κ2) is 7.65. The summed E-state index contributed by atoms with van der Waals surface area (Å²) in [5, 5.41) is 7.18. The predicted octanol–water partition coefficient (Wildman–Crippen LogP) is 1.29. The molecule has 1 amide bonds. The van der Waals surface area contributed by atoms with Gasteiger partial charge in [-0.3, -0.25) is 9.69 Å². The van der Waals surface area contributed by atoms with Crippen molar-refractivity contribution in [3.8, 4) is 5.75 Å². The maximum atomic E-state index is 12.1. The van der Waals surface area contributed by atoms with Crippen molar-refractivity contribution in [1.29, 1.82) is 0 Å². The van der Waals surface area contributed by atoms with Crippen LogP contribution in [0.15, 0.2) is 24.3 Å². The molecule has 1 N–H and O–H groups in total. The number of carbonyl (C=O) groups excluding carboxylic acids is 1. The van der Waals surface area contributed by atoms with Crippen LogP contribution in [-0.4, -0.2) is 51.3 Å². The van der Waals surface area contributed by atoms with Gasteiger partial charge in [-0.05, 0) is 26.8 Å². The Kier molecular flexibility index (Phi) is 5.33. The molecule has 0 saturated heterocycles. The van der Waals surface area contributed by atoms with E-state index < -0.39 is 0 Å². The van der Waals surface area contributed by atoms with Gasteiger partial charge >= 0.3 is 0 Å². The van der Waals surface area contributed by atoms with Crippen LogP contribution >= 0.6 is 0 Å². The van der Waals surface area contributed by atoms with Crippen molar-refractivity contribution >= 4 is 5.91 Å². The number of aryl methyl sites for hydroxylation is 2. The minimum absolute atomic E-state index is 0.0486. The number of para-hydroxylation sites is 1. The molecule has 0 fully saturated rings. The summed E-state index contributed by atoms with van der Waals surface area (Å²) in [6.07, 6.45) is 0.125. The SMILES string of the molecule is Cc1nc(C)n(CC(=O)NCCN2Cc3ccccc3OC(C)C2)n1. The van der Waals surface area contributed by atoms with Crippen molar-refractivity contribution in [3.63, 3.8) is 0 Å². The molecule has 2 heterocycles. The molecule has 1 unspecified atom stereocenters. The minimum Gasteiger partial charge on any atom is -0.489 e. The number of rotatable bonds is 5. The highest BCUT2D eigenvalue weighted by Gasteiger charge is 2.19. The van der Waals surface area contributed by atoms with Crippen LogP contribution in [0, 0.1) is 13.8 Å². The first kappa shape index (κ1) is 17.4. The third kappa shape index (κ3) is 4.57. The number of amides is 1. The Morgan fingerprint density at radius 2 is 2.16 bits per heavy atom. The van der Waals surface area contributed by atoms with Crippen molar-refractivity contribution in [3.05, 3.63) is 41.5 Å². The molecular formula is C18H25N5O2. The first-order chi connectivity index (χ1) is 12.0. The van der Waals surface area contributed by atoms with E-state index in [-0.39, 0.29) is 18.6 Å². The van der Waals surface area contributed by atoms with Gasteiger partial charge in [0.1, 0.15) is 30.0 Å². The monoisotopic (exact) mass is 343 g/mol. The summed E-state index contributed by atoms with van der Waals surface area (Å²) in [6, 6.07) is 8.13. The Hall–Kier alpha value is -2.41. The number of nitrogens with one attached hydrogen (secondary N) is 1. The molecule has 0 bridgehead atoms. The Morgan fingerprint density at radius 3 is 2.92 bits per heavy atom. The number of carbonyl (C=O) groups is 1. The van der Waals surface area contributed by atoms with Gasteiger partial charge in [-0.1, -0.05) is 18.2 Å². The fourth-order valence-electron chi connectivity index (χ4n) is 3.10. The fraction of sp³-hybridized carbons (Fsp3) is 0.500. The molecule has 1 aromatic heterocycles.